The number of rotatable bonds is 4. The fourth-order valence-corrected chi connectivity index (χ4v) is 3.52. The minimum absolute atomic E-state index is 0. The third-order valence-corrected chi connectivity index (χ3v) is 4.87. The van der Waals surface area contributed by atoms with E-state index in [-0.39, 0.29) is 20.5 Å². The number of phenols is 1. The van der Waals surface area contributed by atoms with Crippen LogP contribution in [0, 0.1) is 5.82 Å². The normalized spacial score (nSPS) is 16.2. The molecule has 0 bridgehead atoms. The largest absolute Gasteiger partial charge is 0.507 e. The molecule has 1 aliphatic heterocycles. The van der Waals surface area contributed by atoms with E-state index in [4.69, 9.17) is 4.74 Å². The Hall–Kier alpha value is -3.42. The van der Waals surface area contributed by atoms with Gasteiger partial charge >= 0.3 is 6.09 Å². The summed E-state index contributed by atoms with van der Waals surface area (Å²) in [6.07, 6.45) is 0.263. The summed E-state index contributed by atoms with van der Waals surface area (Å²) in [5.41, 5.74) is 1.08. The van der Waals surface area contributed by atoms with Crippen molar-refractivity contribution in [1.82, 2.24) is 15.3 Å². The Labute approximate surface area is 170 Å². The summed E-state index contributed by atoms with van der Waals surface area (Å²) >= 11 is 0. The highest BCUT2D eigenvalue weighted by Crippen LogP contribution is 2.33. The molecular weight excluding hydrogens is 375 g/mol. The van der Waals surface area contributed by atoms with Crippen LogP contribution in [0.3, 0.4) is 0 Å². The van der Waals surface area contributed by atoms with Gasteiger partial charge in [0.2, 0.25) is 0 Å². The highest BCUT2D eigenvalue weighted by atomic mass is 19.1. The lowest BCUT2D eigenvalue weighted by Crippen LogP contribution is -2.37. The molecular formula is C21H25FN4O3. The lowest BCUT2D eigenvalue weighted by atomic mass is 10.1. The number of aromatic hydroxyl groups is 1. The van der Waals surface area contributed by atoms with Crippen LogP contribution >= 0.6 is 0 Å². The minimum Gasteiger partial charge on any atom is -0.507 e. The molecule has 0 saturated carbocycles. The van der Waals surface area contributed by atoms with E-state index in [0.717, 1.165) is 0 Å². The number of nitrogens with one attached hydrogen (secondary N) is 1. The second-order valence-corrected chi connectivity index (χ2v) is 6.85. The van der Waals surface area contributed by atoms with Gasteiger partial charge in [0.25, 0.3) is 0 Å². The summed E-state index contributed by atoms with van der Waals surface area (Å²) in [6, 6.07) is 11.1. The zero-order valence-corrected chi connectivity index (χ0v) is 15.9. The average molecular weight is 400 g/mol. The number of aromatic nitrogens is 2. The van der Waals surface area contributed by atoms with Gasteiger partial charge in [-0.2, -0.15) is 0 Å². The average Bonchev–Trinajstić information content (AvgIpc) is 3.16. The van der Waals surface area contributed by atoms with Crippen LogP contribution < -0.4 is 10.2 Å². The molecule has 1 amide bonds. The van der Waals surface area contributed by atoms with E-state index in [9.17, 15) is 14.3 Å². The van der Waals surface area contributed by atoms with Crippen LogP contribution in [-0.4, -0.2) is 46.9 Å². The van der Waals surface area contributed by atoms with Crippen molar-refractivity contribution in [2.75, 3.05) is 24.6 Å². The quantitative estimate of drug-likeness (QED) is 0.689. The first-order valence-electron chi connectivity index (χ1n) is 9.49. The van der Waals surface area contributed by atoms with Crippen LogP contribution in [0.4, 0.5) is 15.0 Å². The summed E-state index contributed by atoms with van der Waals surface area (Å²) in [4.78, 5) is 22.9. The number of carbonyl (C=O) groups excluding carboxylic acids is 1. The minimum atomic E-state index is -0.451. The first-order chi connectivity index (χ1) is 14.0. The third kappa shape index (κ3) is 3.91. The van der Waals surface area contributed by atoms with Gasteiger partial charge in [-0.3, -0.25) is 0 Å². The number of anilines is 1. The number of carbonyl (C=O) groups is 1. The van der Waals surface area contributed by atoms with E-state index in [0.29, 0.717) is 54.2 Å². The van der Waals surface area contributed by atoms with Crippen molar-refractivity contribution in [3.63, 3.8) is 0 Å². The number of nitrogens with zero attached hydrogens (tertiary/aromatic N) is 3. The third-order valence-electron chi connectivity index (χ3n) is 4.87. The van der Waals surface area contributed by atoms with Crippen LogP contribution in [0.5, 0.6) is 5.75 Å². The second kappa shape index (κ2) is 7.90. The number of benzene rings is 2. The molecule has 1 saturated heterocycles. The number of halogens is 1. The fourth-order valence-electron chi connectivity index (χ4n) is 3.52. The molecule has 0 spiro atoms. The van der Waals surface area contributed by atoms with Gasteiger partial charge in [-0.15, -0.1) is 0 Å². The molecule has 1 aromatic heterocycles. The molecule has 0 unspecified atom stereocenters. The van der Waals surface area contributed by atoms with Gasteiger partial charge in [-0.1, -0.05) is 12.1 Å². The molecule has 2 N–H and O–H groups in total. The monoisotopic (exact) mass is 400 g/mol. The van der Waals surface area contributed by atoms with E-state index in [2.05, 4.69) is 15.3 Å². The van der Waals surface area contributed by atoms with Gasteiger partial charge in [0, 0.05) is 21.3 Å². The maximum absolute atomic E-state index is 13.9. The van der Waals surface area contributed by atoms with Gasteiger partial charge in [0.1, 0.15) is 17.4 Å². The lowest BCUT2D eigenvalue weighted by Gasteiger charge is -2.20. The van der Waals surface area contributed by atoms with Crippen LogP contribution in [0.1, 0.15) is 16.2 Å². The predicted octanol–water partition coefficient (Wildman–Crippen LogP) is 3.96. The van der Waals surface area contributed by atoms with E-state index in [1.54, 1.807) is 37.3 Å². The Morgan fingerprint density at radius 3 is 2.97 bits per heavy atom. The number of alkyl carbamates (subject to hydrolysis) is 1. The molecule has 4 rings (SSSR count). The highest BCUT2D eigenvalue weighted by Gasteiger charge is 2.27. The molecule has 1 fully saturated rings. The summed E-state index contributed by atoms with van der Waals surface area (Å²) in [7, 11) is 0. The molecule has 0 radical (unpaired) electrons. The van der Waals surface area contributed by atoms with E-state index in [1.807, 2.05) is 4.90 Å². The topological polar surface area (TPSA) is 87.6 Å². The predicted molar refractivity (Wildman–Crippen MR) is 112 cm³/mol. The smallest absolute Gasteiger partial charge is 0.407 e. The Kier molecular flexibility index (Phi) is 5.16. The molecule has 8 heteroatoms. The Balaban J connectivity index is 0.00000171. The molecule has 2 aromatic carbocycles. The molecule has 0 aliphatic carbocycles. The van der Waals surface area contributed by atoms with Crippen molar-refractivity contribution in [3.8, 4) is 17.1 Å². The van der Waals surface area contributed by atoms with E-state index in [1.165, 1.54) is 12.1 Å². The van der Waals surface area contributed by atoms with Crippen molar-refractivity contribution < 1.29 is 21.9 Å². The summed E-state index contributed by atoms with van der Waals surface area (Å²) in [6.45, 7) is 3.21. The number of amides is 1. The Bertz CT molecular complexity index is 1070. The van der Waals surface area contributed by atoms with Crippen molar-refractivity contribution in [2.24, 2.45) is 0 Å². The number of hydrogen-bond donors (Lipinski definition) is 2. The number of ether oxygens (including phenoxy) is 1. The maximum Gasteiger partial charge on any atom is 0.407 e. The van der Waals surface area contributed by atoms with Crippen LogP contribution in [0.2, 0.25) is 0 Å². The van der Waals surface area contributed by atoms with Crippen molar-refractivity contribution >= 4 is 22.8 Å². The van der Waals surface area contributed by atoms with Crippen LogP contribution in [0.25, 0.3) is 22.3 Å². The fraction of sp³-hybridized carbons (Fsp3) is 0.286. The first kappa shape index (κ1) is 18.9. The van der Waals surface area contributed by atoms with Gasteiger partial charge in [0.05, 0.1) is 23.7 Å². The number of phenolic OH excluding ortho intramolecular Hbond substituents is 1. The molecule has 1 aliphatic rings. The Morgan fingerprint density at radius 2 is 2.17 bits per heavy atom. The molecule has 7 nitrogen and oxygen atoms in total. The lowest BCUT2D eigenvalue weighted by molar-refractivity contribution is 0.149. The van der Waals surface area contributed by atoms with Gasteiger partial charge in [0.15, 0.2) is 5.82 Å². The number of hydrogen-bond acceptors (Lipinski definition) is 6. The van der Waals surface area contributed by atoms with Crippen LogP contribution in [0.15, 0.2) is 42.5 Å². The zero-order chi connectivity index (χ0) is 20.4. The molecule has 154 valence electrons. The van der Waals surface area contributed by atoms with Crippen LogP contribution in [-0.2, 0) is 4.74 Å². The van der Waals surface area contributed by atoms with Crippen molar-refractivity contribution in [1.29, 1.82) is 0 Å². The summed E-state index contributed by atoms with van der Waals surface area (Å²) in [5.74, 6) is 0.626. The van der Waals surface area contributed by atoms with Crippen molar-refractivity contribution in [2.45, 2.75) is 19.4 Å². The van der Waals surface area contributed by atoms with Gasteiger partial charge in [-0.05, 0) is 43.7 Å². The number of para-hydroxylation sites is 1. The second-order valence-electron chi connectivity index (χ2n) is 6.85. The van der Waals surface area contributed by atoms with E-state index >= 15 is 0 Å². The van der Waals surface area contributed by atoms with E-state index < -0.39 is 6.09 Å². The zero-order valence-electron chi connectivity index (χ0n) is 15.9. The summed E-state index contributed by atoms with van der Waals surface area (Å²) < 4.78 is 18.9. The highest BCUT2D eigenvalue weighted by molar-refractivity contribution is 5.91. The standard InChI is InChI=1S/C21H21FN4O3.2H2/c1-2-29-21(28)23-14-9-10-26(12-14)20-16-11-13(22)7-8-17(16)24-19(25-20)15-5-3-4-6-18(15)27;;/h3-8,11,14,27H,2,9-10,12H2,1H3,(H,23,28);2*1H/t14-;;/m1../s1. The number of fused-ring (bicyclic) bond motifs is 1. The molecule has 29 heavy (non-hydrogen) atoms. The molecule has 3 aromatic rings. The maximum atomic E-state index is 13.9. The van der Waals surface area contributed by atoms with Gasteiger partial charge < -0.3 is 20.1 Å². The van der Waals surface area contributed by atoms with Crippen molar-refractivity contribution in [3.05, 3.63) is 48.3 Å². The summed E-state index contributed by atoms with van der Waals surface area (Å²) in [5, 5.41) is 13.6. The molecule has 2 heterocycles. The van der Waals surface area contributed by atoms with Gasteiger partial charge in [-0.25, -0.2) is 19.2 Å². The molecule has 1 atom stereocenters. The first-order valence-corrected chi connectivity index (χ1v) is 9.49. The SMILES string of the molecule is CCOC(=O)N[C@@H]1CCN(c2nc(-c3ccccc3O)nc3ccc(F)cc23)C1.[HH].[HH]. The Morgan fingerprint density at radius 1 is 1.34 bits per heavy atom.